The number of hydrogen-bond acceptors (Lipinski definition) is 2. The molecule has 1 aliphatic rings. The summed E-state index contributed by atoms with van der Waals surface area (Å²) in [5, 5.41) is 2.89. The zero-order valence-electron chi connectivity index (χ0n) is 12.4. The van der Waals surface area contributed by atoms with E-state index >= 15 is 0 Å². The van der Waals surface area contributed by atoms with Gasteiger partial charge in [-0.1, -0.05) is 30.3 Å². The predicted octanol–water partition coefficient (Wildman–Crippen LogP) is 2.64. The molecule has 1 heterocycles. The van der Waals surface area contributed by atoms with Gasteiger partial charge in [0, 0.05) is 12.1 Å². The number of aryl methyl sites for hydroxylation is 2. The van der Waals surface area contributed by atoms with Crippen LogP contribution in [-0.2, 0) is 6.42 Å². The molecule has 1 atom stereocenters. The van der Waals surface area contributed by atoms with E-state index in [-0.39, 0.29) is 11.9 Å². The molecule has 2 aromatic carbocycles. The van der Waals surface area contributed by atoms with Crippen molar-refractivity contribution in [3.8, 4) is 0 Å². The van der Waals surface area contributed by atoms with Gasteiger partial charge in [-0.3, -0.25) is 4.79 Å². The van der Waals surface area contributed by atoms with Crippen molar-refractivity contribution in [3.63, 3.8) is 0 Å². The first kappa shape index (κ1) is 13.8. The summed E-state index contributed by atoms with van der Waals surface area (Å²) in [6, 6.07) is 12.0. The van der Waals surface area contributed by atoms with E-state index in [2.05, 4.69) is 31.3 Å². The van der Waals surface area contributed by atoms with Gasteiger partial charge in [0.2, 0.25) is 0 Å². The highest BCUT2D eigenvalue weighted by Crippen LogP contribution is 2.28. The maximum Gasteiger partial charge on any atom is 0.251 e. The Labute approximate surface area is 125 Å². The number of nitrogens with one attached hydrogen (secondary N) is 1. The van der Waals surface area contributed by atoms with Crippen molar-refractivity contribution in [3.05, 3.63) is 69.8 Å². The fraction of sp³-hybridized carbons (Fsp3) is 0.278. The summed E-state index contributed by atoms with van der Waals surface area (Å²) in [7, 11) is 0. The lowest BCUT2D eigenvalue weighted by atomic mass is 9.89. The van der Waals surface area contributed by atoms with E-state index in [9.17, 15) is 4.79 Å². The quantitative estimate of drug-likeness (QED) is 0.888. The molecule has 3 N–H and O–H groups in total. The molecule has 0 aromatic heterocycles. The number of amides is 1. The molecular formula is C18H20N2O. The second kappa shape index (κ2) is 5.34. The second-order valence-corrected chi connectivity index (χ2v) is 5.71. The molecule has 2 aromatic rings. The van der Waals surface area contributed by atoms with Crippen LogP contribution in [0.2, 0.25) is 0 Å². The van der Waals surface area contributed by atoms with Crippen LogP contribution < -0.4 is 11.1 Å². The molecule has 3 rings (SSSR count). The lowest BCUT2D eigenvalue weighted by molar-refractivity contribution is 0.0946. The molecule has 0 aliphatic carbocycles. The highest BCUT2D eigenvalue weighted by molar-refractivity contribution is 5.96. The minimum absolute atomic E-state index is 0.00630. The van der Waals surface area contributed by atoms with Crippen LogP contribution in [0, 0.1) is 13.8 Å². The number of carbonyl (C=O) groups is 1. The Kier molecular flexibility index (Phi) is 3.52. The van der Waals surface area contributed by atoms with Gasteiger partial charge in [-0.2, -0.15) is 0 Å². The summed E-state index contributed by atoms with van der Waals surface area (Å²) >= 11 is 0. The average Bonchev–Trinajstić information content (AvgIpc) is 2.47. The van der Waals surface area contributed by atoms with Crippen molar-refractivity contribution in [2.75, 3.05) is 6.54 Å². The van der Waals surface area contributed by atoms with Crippen LogP contribution >= 0.6 is 0 Å². The first-order chi connectivity index (χ1) is 10.1. The lowest BCUT2D eigenvalue weighted by Gasteiger charge is -2.21. The maximum atomic E-state index is 12.0. The normalized spacial score (nSPS) is 15.3. The van der Waals surface area contributed by atoms with E-state index in [0.29, 0.717) is 6.54 Å². The minimum atomic E-state index is -0.203. The summed E-state index contributed by atoms with van der Waals surface area (Å²) in [5.41, 5.74) is 12.8. The number of rotatable bonds is 2. The van der Waals surface area contributed by atoms with E-state index in [0.717, 1.165) is 28.7 Å². The van der Waals surface area contributed by atoms with Gasteiger partial charge in [-0.05, 0) is 54.2 Å². The highest BCUT2D eigenvalue weighted by Gasteiger charge is 2.20. The predicted molar refractivity (Wildman–Crippen MR) is 84.4 cm³/mol. The van der Waals surface area contributed by atoms with Gasteiger partial charge in [0.1, 0.15) is 0 Å². The minimum Gasteiger partial charge on any atom is -0.352 e. The van der Waals surface area contributed by atoms with Crippen molar-refractivity contribution in [1.29, 1.82) is 0 Å². The third kappa shape index (κ3) is 2.45. The molecule has 1 unspecified atom stereocenters. The summed E-state index contributed by atoms with van der Waals surface area (Å²) < 4.78 is 0. The molecule has 3 heteroatoms. The van der Waals surface area contributed by atoms with Crippen LogP contribution in [0.5, 0.6) is 0 Å². The van der Waals surface area contributed by atoms with Crippen LogP contribution in [0.3, 0.4) is 0 Å². The second-order valence-electron chi connectivity index (χ2n) is 5.71. The zero-order chi connectivity index (χ0) is 15.0. The van der Waals surface area contributed by atoms with Crippen LogP contribution in [0.1, 0.15) is 44.2 Å². The Hall–Kier alpha value is -2.13. The van der Waals surface area contributed by atoms with Crippen molar-refractivity contribution >= 4 is 5.91 Å². The SMILES string of the molecule is Cc1cccc(C)c1C(N)c1ccc2c(c1)C(=O)NCC2. The Balaban J connectivity index is 2.05. The van der Waals surface area contributed by atoms with Crippen molar-refractivity contribution < 1.29 is 4.79 Å². The summed E-state index contributed by atoms with van der Waals surface area (Å²) in [5.74, 6) is 0.00630. The van der Waals surface area contributed by atoms with Crippen LogP contribution in [0.25, 0.3) is 0 Å². The van der Waals surface area contributed by atoms with Crippen molar-refractivity contribution in [1.82, 2.24) is 5.32 Å². The molecule has 108 valence electrons. The van der Waals surface area contributed by atoms with Gasteiger partial charge in [0.15, 0.2) is 0 Å². The Morgan fingerprint density at radius 3 is 2.57 bits per heavy atom. The molecule has 0 fully saturated rings. The molecule has 0 spiro atoms. The van der Waals surface area contributed by atoms with Gasteiger partial charge in [0.05, 0.1) is 6.04 Å². The number of carbonyl (C=O) groups excluding carboxylic acids is 1. The fourth-order valence-electron chi connectivity index (χ4n) is 3.11. The molecule has 0 bridgehead atoms. The highest BCUT2D eigenvalue weighted by atomic mass is 16.1. The topological polar surface area (TPSA) is 55.1 Å². The van der Waals surface area contributed by atoms with E-state index in [4.69, 9.17) is 5.73 Å². The van der Waals surface area contributed by atoms with E-state index < -0.39 is 0 Å². The van der Waals surface area contributed by atoms with Gasteiger partial charge >= 0.3 is 0 Å². The maximum absolute atomic E-state index is 12.0. The van der Waals surface area contributed by atoms with Crippen LogP contribution in [-0.4, -0.2) is 12.5 Å². The van der Waals surface area contributed by atoms with Gasteiger partial charge in [-0.25, -0.2) is 0 Å². The Morgan fingerprint density at radius 2 is 1.86 bits per heavy atom. The first-order valence-corrected chi connectivity index (χ1v) is 7.30. The number of benzene rings is 2. The average molecular weight is 280 g/mol. The lowest BCUT2D eigenvalue weighted by Crippen LogP contribution is -2.32. The third-order valence-electron chi connectivity index (χ3n) is 4.27. The monoisotopic (exact) mass is 280 g/mol. The smallest absolute Gasteiger partial charge is 0.251 e. The summed E-state index contributed by atoms with van der Waals surface area (Å²) in [6.07, 6.45) is 0.889. The molecule has 21 heavy (non-hydrogen) atoms. The first-order valence-electron chi connectivity index (χ1n) is 7.30. The van der Waals surface area contributed by atoms with Crippen molar-refractivity contribution in [2.24, 2.45) is 5.73 Å². The summed E-state index contributed by atoms with van der Waals surface area (Å²) in [6.45, 7) is 4.87. The molecule has 1 amide bonds. The standard InChI is InChI=1S/C18H20N2O/c1-11-4-3-5-12(2)16(11)17(19)14-7-6-13-8-9-20-18(21)15(13)10-14/h3-7,10,17H,8-9,19H2,1-2H3,(H,20,21). The van der Waals surface area contributed by atoms with E-state index in [1.54, 1.807) is 0 Å². The van der Waals surface area contributed by atoms with E-state index in [1.807, 2.05) is 24.3 Å². The third-order valence-corrected chi connectivity index (χ3v) is 4.27. The summed E-state index contributed by atoms with van der Waals surface area (Å²) in [4.78, 5) is 12.0. The van der Waals surface area contributed by atoms with Crippen molar-refractivity contribution in [2.45, 2.75) is 26.3 Å². The molecule has 0 radical (unpaired) electrons. The molecular weight excluding hydrogens is 260 g/mol. The number of nitrogens with two attached hydrogens (primary N) is 1. The van der Waals surface area contributed by atoms with Gasteiger partial charge in [-0.15, -0.1) is 0 Å². The van der Waals surface area contributed by atoms with Gasteiger partial charge in [0.25, 0.3) is 5.91 Å². The number of fused-ring (bicyclic) bond motifs is 1. The van der Waals surface area contributed by atoms with E-state index in [1.165, 1.54) is 11.1 Å². The molecule has 3 nitrogen and oxygen atoms in total. The van der Waals surface area contributed by atoms with Crippen LogP contribution in [0.15, 0.2) is 36.4 Å². The Morgan fingerprint density at radius 1 is 1.14 bits per heavy atom. The van der Waals surface area contributed by atoms with Crippen LogP contribution in [0.4, 0.5) is 0 Å². The Bertz CT molecular complexity index is 686. The van der Waals surface area contributed by atoms with Gasteiger partial charge < -0.3 is 11.1 Å². The molecule has 0 saturated carbocycles. The largest absolute Gasteiger partial charge is 0.352 e. The fourth-order valence-corrected chi connectivity index (χ4v) is 3.11. The zero-order valence-corrected chi connectivity index (χ0v) is 12.4. The number of hydrogen-bond donors (Lipinski definition) is 2. The molecule has 1 aliphatic heterocycles. The molecule has 0 saturated heterocycles.